The number of rotatable bonds is 9. The minimum Gasteiger partial charge on any atom is -0.481 e. The van der Waals surface area contributed by atoms with E-state index in [1.54, 1.807) is 0 Å². The zero-order valence-electron chi connectivity index (χ0n) is 10.6. The third-order valence-corrected chi connectivity index (χ3v) is 2.91. The van der Waals surface area contributed by atoms with Crippen LogP contribution in [0.5, 0.6) is 0 Å². The Morgan fingerprint density at radius 1 is 1.28 bits per heavy atom. The molecule has 0 aromatic carbocycles. The molecular weight excluding hydrogens is 242 g/mol. The first-order chi connectivity index (χ1) is 8.16. The minimum atomic E-state index is -0.999. The van der Waals surface area contributed by atoms with Gasteiger partial charge in [0.25, 0.3) is 0 Å². The second-order valence-electron chi connectivity index (χ2n) is 4.95. The second kappa shape index (κ2) is 6.93. The average molecular weight is 261 g/mol. The first-order valence-corrected chi connectivity index (χ1v) is 5.75. The van der Waals surface area contributed by atoms with Crippen LogP contribution in [0.25, 0.3) is 0 Å². The normalized spacial score (nSPS) is 13.0. The Bertz CT molecular complexity index is 325. The van der Waals surface area contributed by atoms with Gasteiger partial charge in [0.1, 0.15) is 0 Å². The Morgan fingerprint density at radius 3 is 2.22 bits per heavy atom. The molecular formula is C11H19NO6. The molecule has 0 saturated carbocycles. The summed E-state index contributed by atoms with van der Waals surface area (Å²) in [6, 6.07) is -0.872. The highest BCUT2D eigenvalue weighted by Gasteiger charge is 2.30. The smallest absolute Gasteiger partial charge is 0.309 e. The lowest BCUT2D eigenvalue weighted by Gasteiger charge is -2.19. The number of nitrogens with zero attached hydrogens (tertiary/aromatic N) is 1. The van der Waals surface area contributed by atoms with Crippen molar-refractivity contribution in [2.45, 2.75) is 52.0 Å². The van der Waals surface area contributed by atoms with Gasteiger partial charge in [-0.3, -0.25) is 19.7 Å². The van der Waals surface area contributed by atoms with E-state index in [0.717, 1.165) is 0 Å². The molecule has 104 valence electrons. The molecule has 2 N–H and O–H groups in total. The largest absolute Gasteiger partial charge is 0.481 e. The number of nitro groups is 1. The molecule has 0 aliphatic carbocycles. The van der Waals surface area contributed by atoms with Crippen molar-refractivity contribution in [3.8, 4) is 0 Å². The fourth-order valence-corrected chi connectivity index (χ4v) is 1.48. The van der Waals surface area contributed by atoms with Crippen LogP contribution in [-0.4, -0.2) is 33.1 Å². The van der Waals surface area contributed by atoms with E-state index in [1.165, 1.54) is 13.8 Å². The van der Waals surface area contributed by atoms with Crippen LogP contribution >= 0.6 is 0 Å². The number of carbonyl (C=O) groups is 2. The summed E-state index contributed by atoms with van der Waals surface area (Å²) in [6.45, 7) is 3.03. The summed E-state index contributed by atoms with van der Waals surface area (Å²) < 4.78 is 0. The van der Waals surface area contributed by atoms with Gasteiger partial charge < -0.3 is 10.2 Å². The first-order valence-electron chi connectivity index (χ1n) is 5.75. The zero-order valence-corrected chi connectivity index (χ0v) is 10.6. The molecule has 18 heavy (non-hydrogen) atoms. The fraction of sp³-hybridized carbons (Fsp3) is 0.818. The second-order valence-corrected chi connectivity index (χ2v) is 4.95. The van der Waals surface area contributed by atoms with Crippen molar-refractivity contribution in [2.24, 2.45) is 5.41 Å². The Hall–Kier alpha value is -1.66. The van der Waals surface area contributed by atoms with Gasteiger partial charge in [-0.05, 0) is 26.7 Å². The summed E-state index contributed by atoms with van der Waals surface area (Å²) in [5, 5.41) is 28.1. The number of aliphatic carboxylic acids is 2. The van der Waals surface area contributed by atoms with Crippen LogP contribution in [0.4, 0.5) is 0 Å². The molecule has 1 atom stereocenters. The van der Waals surface area contributed by atoms with Crippen molar-refractivity contribution in [2.75, 3.05) is 0 Å². The van der Waals surface area contributed by atoms with E-state index < -0.39 is 28.3 Å². The van der Waals surface area contributed by atoms with Crippen LogP contribution in [0.2, 0.25) is 0 Å². The van der Waals surface area contributed by atoms with Gasteiger partial charge in [0, 0.05) is 24.2 Å². The summed E-state index contributed by atoms with van der Waals surface area (Å²) in [6.07, 6.45) is 0.628. The van der Waals surface area contributed by atoms with Gasteiger partial charge in [-0.2, -0.15) is 0 Å². The van der Waals surface area contributed by atoms with Gasteiger partial charge in [0.2, 0.25) is 6.04 Å². The van der Waals surface area contributed by atoms with Crippen molar-refractivity contribution >= 4 is 11.9 Å². The molecule has 0 aliphatic heterocycles. The third kappa shape index (κ3) is 6.17. The molecule has 0 bridgehead atoms. The van der Waals surface area contributed by atoms with Gasteiger partial charge >= 0.3 is 11.9 Å². The first kappa shape index (κ1) is 16.3. The lowest BCUT2D eigenvalue weighted by atomic mass is 9.86. The molecule has 0 amide bonds. The lowest BCUT2D eigenvalue weighted by molar-refractivity contribution is -0.524. The molecule has 0 aliphatic rings. The maximum absolute atomic E-state index is 10.9. The summed E-state index contributed by atoms with van der Waals surface area (Å²) in [5.74, 6) is -1.97. The topological polar surface area (TPSA) is 118 Å². The SMILES string of the molecule is CC(C)(CCC(CCCC(=O)O)[N+](=O)[O-])C(=O)O. The monoisotopic (exact) mass is 261 g/mol. The quantitative estimate of drug-likeness (QED) is 0.482. The molecule has 0 heterocycles. The Labute approximate surface area is 105 Å². The van der Waals surface area contributed by atoms with Crippen LogP contribution in [-0.2, 0) is 9.59 Å². The minimum absolute atomic E-state index is 0.105. The van der Waals surface area contributed by atoms with Gasteiger partial charge in [-0.25, -0.2) is 0 Å². The molecule has 0 aromatic heterocycles. The summed E-state index contributed by atoms with van der Waals surface area (Å²) in [5.41, 5.74) is -0.999. The molecule has 0 radical (unpaired) electrons. The lowest BCUT2D eigenvalue weighted by Crippen LogP contribution is -2.28. The van der Waals surface area contributed by atoms with E-state index in [-0.39, 0.29) is 32.1 Å². The Morgan fingerprint density at radius 2 is 1.83 bits per heavy atom. The Kier molecular flexibility index (Phi) is 6.29. The van der Waals surface area contributed by atoms with Crippen molar-refractivity contribution in [1.29, 1.82) is 0 Å². The zero-order chi connectivity index (χ0) is 14.3. The highest BCUT2D eigenvalue weighted by Crippen LogP contribution is 2.25. The van der Waals surface area contributed by atoms with E-state index in [2.05, 4.69) is 0 Å². The predicted octanol–water partition coefficient (Wildman–Crippen LogP) is 1.78. The van der Waals surface area contributed by atoms with Gasteiger partial charge in [0.15, 0.2) is 0 Å². The molecule has 7 heteroatoms. The maximum atomic E-state index is 10.9. The van der Waals surface area contributed by atoms with Crippen LogP contribution in [0.1, 0.15) is 46.0 Å². The summed E-state index contributed by atoms with van der Waals surface area (Å²) in [4.78, 5) is 31.5. The van der Waals surface area contributed by atoms with E-state index in [4.69, 9.17) is 10.2 Å². The standard InChI is InChI=1S/C11H19NO6/c1-11(2,10(15)16)7-6-8(12(17)18)4-3-5-9(13)14/h8H,3-7H2,1-2H3,(H,13,14)(H,15,16). The van der Waals surface area contributed by atoms with Crippen LogP contribution < -0.4 is 0 Å². The van der Waals surface area contributed by atoms with Crippen molar-refractivity contribution in [1.82, 2.24) is 0 Å². The van der Waals surface area contributed by atoms with Crippen LogP contribution in [0, 0.1) is 15.5 Å². The van der Waals surface area contributed by atoms with E-state index in [9.17, 15) is 19.7 Å². The Balaban J connectivity index is 4.25. The molecule has 0 saturated heterocycles. The number of carboxylic acids is 2. The van der Waals surface area contributed by atoms with Gasteiger partial charge in [-0.15, -0.1) is 0 Å². The van der Waals surface area contributed by atoms with E-state index in [1.807, 2.05) is 0 Å². The number of hydrogen-bond donors (Lipinski definition) is 2. The van der Waals surface area contributed by atoms with Crippen molar-refractivity contribution in [3.05, 3.63) is 10.1 Å². The highest BCUT2D eigenvalue weighted by molar-refractivity contribution is 5.73. The van der Waals surface area contributed by atoms with E-state index in [0.29, 0.717) is 0 Å². The van der Waals surface area contributed by atoms with Crippen molar-refractivity contribution < 1.29 is 24.7 Å². The fourth-order valence-electron chi connectivity index (χ4n) is 1.48. The summed E-state index contributed by atoms with van der Waals surface area (Å²) >= 11 is 0. The molecule has 0 spiro atoms. The van der Waals surface area contributed by atoms with Crippen molar-refractivity contribution in [3.63, 3.8) is 0 Å². The molecule has 0 fully saturated rings. The number of hydrogen-bond acceptors (Lipinski definition) is 4. The van der Waals surface area contributed by atoms with Gasteiger partial charge in [-0.1, -0.05) is 0 Å². The highest BCUT2D eigenvalue weighted by atomic mass is 16.6. The van der Waals surface area contributed by atoms with Crippen LogP contribution in [0.15, 0.2) is 0 Å². The molecule has 7 nitrogen and oxygen atoms in total. The predicted molar refractivity (Wildman–Crippen MR) is 62.9 cm³/mol. The van der Waals surface area contributed by atoms with Crippen LogP contribution in [0.3, 0.4) is 0 Å². The van der Waals surface area contributed by atoms with Gasteiger partial charge in [0.05, 0.1) is 5.41 Å². The summed E-state index contributed by atoms with van der Waals surface area (Å²) in [7, 11) is 0. The van der Waals surface area contributed by atoms with E-state index >= 15 is 0 Å². The third-order valence-electron chi connectivity index (χ3n) is 2.91. The molecule has 0 aromatic rings. The average Bonchev–Trinajstić information content (AvgIpc) is 2.21. The number of carboxylic acid groups (broad SMARTS) is 2. The molecule has 1 unspecified atom stereocenters. The molecule has 0 rings (SSSR count). The maximum Gasteiger partial charge on any atom is 0.309 e.